The zero-order valence-electron chi connectivity index (χ0n) is 10.7. The number of ether oxygens (including phenoxy) is 2. The molecule has 0 spiro atoms. The lowest BCUT2D eigenvalue weighted by Gasteiger charge is -2.23. The van der Waals surface area contributed by atoms with Gasteiger partial charge in [-0.1, -0.05) is 0 Å². The third-order valence-electron chi connectivity index (χ3n) is 1.90. The fourth-order valence-corrected chi connectivity index (χ4v) is 1.18. The van der Waals surface area contributed by atoms with Gasteiger partial charge in [0.25, 0.3) is 6.47 Å². The quantitative estimate of drug-likeness (QED) is 0.678. The Morgan fingerprint density at radius 3 is 2.38 bits per heavy atom. The molecule has 0 unspecified atom stereocenters. The Labute approximate surface area is 97.9 Å². The molecule has 1 fully saturated rings. The topological polar surface area (TPSA) is 59.6 Å². The molecule has 96 valence electrons. The average Bonchev–Trinajstić information content (AvgIpc) is 2.19. The summed E-state index contributed by atoms with van der Waals surface area (Å²) in [6.45, 7) is 9.92. The van der Waals surface area contributed by atoms with Crippen LogP contribution in [0.2, 0.25) is 0 Å². The summed E-state index contributed by atoms with van der Waals surface area (Å²) in [4.78, 5) is 9.60. The highest BCUT2D eigenvalue weighted by Crippen LogP contribution is 2.02. The maximum Gasteiger partial charge on any atom is 0.293 e. The van der Waals surface area contributed by atoms with Gasteiger partial charge in [0, 0.05) is 32.8 Å². The van der Waals surface area contributed by atoms with Gasteiger partial charge in [-0.25, -0.2) is 0 Å². The predicted octanol–water partition coefficient (Wildman–Crippen LogP) is 0.152. The molecule has 0 aromatic rings. The molecule has 1 heterocycles. The molecule has 0 saturated carbocycles. The van der Waals surface area contributed by atoms with Crippen LogP contribution in [-0.2, 0) is 14.3 Å². The minimum absolute atomic E-state index is 0.318. The summed E-state index contributed by atoms with van der Waals surface area (Å²) < 4.78 is 9.53. The van der Waals surface area contributed by atoms with Crippen molar-refractivity contribution in [1.29, 1.82) is 0 Å². The van der Waals surface area contributed by atoms with E-state index in [2.05, 4.69) is 15.4 Å². The number of rotatable bonds is 3. The van der Waals surface area contributed by atoms with Gasteiger partial charge >= 0.3 is 0 Å². The van der Waals surface area contributed by atoms with Crippen LogP contribution in [-0.4, -0.2) is 51.5 Å². The second-order valence-corrected chi connectivity index (χ2v) is 4.64. The molecule has 1 aliphatic rings. The summed E-state index contributed by atoms with van der Waals surface area (Å²) in [5.74, 6) is 0. The summed E-state index contributed by atoms with van der Waals surface area (Å²) in [5, 5.41) is 6.61. The van der Waals surface area contributed by atoms with Crippen molar-refractivity contribution in [2.24, 2.45) is 0 Å². The number of hydrogen-bond donors (Lipinski definition) is 2. The van der Waals surface area contributed by atoms with Gasteiger partial charge in [0.05, 0.1) is 6.61 Å². The third kappa shape index (κ3) is 9.89. The van der Waals surface area contributed by atoms with Crippen molar-refractivity contribution in [3.63, 3.8) is 0 Å². The Hall–Kier alpha value is -0.650. The molecule has 5 heteroatoms. The van der Waals surface area contributed by atoms with E-state index in [4.69, 9.17) is 4.74 Å². The highest BCUT2D eigenvalue weighted by molar-refractivity contribution is 5.37. The van der Waals surface area contributed by atoms with E-state index in [0.717, 1.165) is 26.2 Å². The number of carbonyl (C=O) groups excluding carboxylic acids is 1. The second kappa shape index (κ2) is 8.50. The predicted molar refractivity (Wildman–Crippen MR) is 63.4 cm³/mol. The number of piperazine rings is 1. The molecular weight excluding hydrogens is 208 g/mol. The smallest absolute Gasteiger partial charge is 0.293 e. The molecule has 0 aromatic carbocycles. The van der Waals surface area contributed by atoms with E-state index in [-0.39, 0.29) is 5.60 Å². The molecule has 1 rings (SSSR count). The van der Waals surface area contributed by atoms with Crippen molar-refractivity contribution in [1.82, 2.24) is 10.6 Å². The molecule has 0 amide bonds. The van der Waals surface area contributed by atoms with Crippen LogP contribution in [0.15, 0.2) is 0 Å². The number of hydrogen-bond acceptors (Lipinski definition) is 5. The molecule has 16 heavy (non-hydrogen) atoms. The van der Waals surface area contributed by atoms with Crippen LogP contribution in [0.25, 0.3) is 0 Å². The largest absolute Gasteiger partial charge is 0.462 e. The maximum atomic E-state index is 9.60. The minimum Gasteiger partial charge on any atom is -0.462 e. The van der Waals surface area contributed by atoms with Gasteiger partial charge < -0.3 is 20.1 Å². The zero-order valence-corrected chi connectivity index (χ0v) is 10.7. The van der Waals surface area contributed by atoms with Crippen LogP contribution in [0.3, 0.4) is 0 Å². The van der Waals surface area contributed by atoms with E-state index < -0.39 is 0 Å². The SMILES string of the molecule is CC(C)(C)OC=O.COC[C@H]1CNCCN1. The van der Waals surface area contributed by atoms with Gasteiger partial charge in [0.2, 0.25) is 0 Å². The van der Waals surface area contributed by atoms with Crippen molar-refractivity contribution >= 4 is 6.47 Å². The molecule has 0 aromatic heterocycles. The summed E-state index contributed by atoms with van der Waals surface area (Å²) >= 11 is 0. The summed E-state index contributed by atoms with van der Waals surface area (Å²) in [7, 11) is 1.73. The lowest BCUT2D eigenvalue weighted by molar-refractivity contribution is -0.138. The normalized spacial score (nSPS) is 20.6. The molecule has 5 nitrogen and oxygen atoms in total. The first-order valence-electron chi connectivity index (χ1n) is 5.54. The first-order valence-corrected chi connectivity index (χ1v) is 5.54. The molecule has 2 N–H and O–H groups in total. The van der Waals surface area contributed by atoms with E-state index in [1.165, 1.54) is 0 Å². The fraction of sp³-hybridized carbons (Fsp3) is 0.909. The van der Waals surface area contributed by atoms with Gasteiger partial charge in [-0.3, -0.25) is 4.79 Å². The second-order valence-electron chi connectivity index (χ2n) is 4.64. The summed E-state index contributed by atoms with van der Waals surface area (Å²) in [6, 6.07) is 0.517. The zero-order chi connectivity index (χ0) is 12.4. The van der Waals surface area contributed by atoms with Crippen LogP contribution in [0.1, 0.15) is 20.8 Å². The third-order valence-corrected chi connectivity index (χ3v) is 1.90. The van der Waals surface area contributed by atoms with Crippen LogP contribution in [0.5, 0.6) is 0 Å². The summed E-state index contributed by atoms with van der Waals surface area (Å²) in [5.41, 5.74) is -0.318. The number of carbonyl (C=O) groups is 1. The number of nitrogens with one attached hydrogen (secondary N) is 2. The molecule has 0 bridgehead atoms. The monoisotopic (exact) mass is 232 g/mol. The minimum atomic E-state index is -0.318. The Kier molecular flexibility index (Phi) is 8.15. The van der Waals surface area contributed by atoms with Gasteiger partial charge in [-0.2, -0.15) is 0 Å². The fourth-order valence-electron chi connectivity index (χ4n) is 1.18. The van der Waals surface area contributed by atoms with Gasteiger partial charge in [0.15, 0.2) is 0 Å². The van der Waals surface area contributed by atoms with Crippen molar-refractivity contribution < 1.29 is 14.3 Å². The average molecular weight is 232 g/mol. The molecule has 0 radical (unpaired) electrons. The van der Waals surface area contributed by atoms with Gasteiger partial charge in [-0.15, -0.1) is 0 Å². The van der Waals surface area contributed by atoms with Crippen molar-refractivity contribution in [3.8, 4) is 0 Å². The summed E-state index contributed by atoms with van der Waals surface area (Å²) in [6.07, 6.45) is 0. The Morgan fingerprint density at radius 2 is 2.06 bits per heavy atom. The molecule has 1 saturated heterocycles. The highest BCUT2D eigenvalue weighted by Gasteiger charge is 2.09. The Morgan fingerprint density at radius 1 is 1.38 bits per heavy atom. The standard InChI is InChI=1S/C6H14N2O.C5H10O2/c1-9-5-6-4-7-2-3-8-6;1-5(2,3)7-4-6/h6-8H,2-5H2,1H3;4H,1-3H3/t6-;/m1./s1. The van der Waals surface area contributed by atoms with Crippen molar-refractivity contribution in [2.75, 3.05) is 33.4 Å². The van der Waals surface area contributed by atoms with E-state index >= 15 is 0 Å². The maximum absolute atomic E-state index is 9.60. The molecule has 0 aliphatic carbocycles. The van der Waals surface area contributed by atoms with E-state index in [0.29, 0.717) is 12.5 Å². The lowest BCUT2D eigenvalue weighted by Crippen LogP contribution is -2.50. The van der Waals surface area contributed by atoms with Crippen LogP contribution >= 0.6 is 0 Å². The van der Waals surface area contributed by atoms with Gasteiger partial charge in [-0.05, 0) is 20.8 Å². The first-order chi connectivity index (χ1) is 7.49. The number of methoxy groups -OCH3 is 1. The van der Waals surface area contributed by atoms with Gasteiger partial charge in [0.1, 0.15) is 5.60 Å². The van der Waals surface area contributed by atoms with Crippen LogP contribution in [0.4, 0.5) is 0 Å². The van der Waals surface area contributed by atoms with Crippen molar-refractivity contribution in [3.05, 3.63) is 0 Å². The van der Waals surface area contributed by atoms with Crippen molar-refractivity contribution in [2.45, 2.75) is 32.4 Å². The molecular formula is C11H24N2O3. The van der Waals surface area contributed by atoms with Crippen LogP contribution in [0, 0.1) is 0 Å². The van der Waals surface area contributed by atoms with Crippen LogP contribution < -0.4 is 10.6 Å². The van der Waals surface area contributed by atoms with E-state index in [9.17, 15) is 4.79 Å². The molecule has 1 aliphatic heterocycles. The molecule has 1 atom stereocenters. The lowest BCUT2D eigenvalue weighted by atomic mass is 10.2. The first kappa shape index (κ1) is 15.3. The highest BCUT2D eigenvalue weighted by atomic mass is 16.5. The Bertz CT molecular complexity index is 172. The Balaban J connectivity index is 0.000000293. The van der Waals surface area contributed by atoms with E-state index in [1.54, 1.807) is 7.11 Å². The van der Waals surface area contributed by atoms with E-state index in [1.807, 2.05) is 20.8 Å².